The summed E-state index contributed by atoms with van der Waals surface area (Å²) in [5.41, 5.74) is 0. The predicted octanol–water partition coefficient (Wildman–Crippen LogP) is 3.25. The second-order valence-electron chi connectivity index (χ2n) is 5.82. The molecule has 0 bridgehead atoms. The fraction of sp³-hybridized carbons (Fsp3) is 1.00. The first kappa shape index (κ1) is 20.8. The fourth-order valence-corrected chi connectivity index (χ4v) is 1.89. The van der Waals surface area contributed by atoms with Crippen LogP contribution >= 0.6 is 0 Å². The van der Waals surface area contributed by atoms with Crippen LogP contribution < -0.4 is 5.32 Å². The summed E-state index contributed by atoms with van der Waals surface area (Å²) in [6, 6.07) is 0.563. The SMILES string of the molecule is CCCCOCCOCCOCCC(CC)CNC(C)C. The molecule has 128 valence electrons. The van der Waals surface area contributed by atoms with E-state index in [0.717, 1.165) is 32.6 Å². The van der Waals surface area contributed by atoms with Crippen molar-refractivity contribution in [2.75, 3.05) is 46.2 Å². The van der Waals surface area contributed by atoms with Crippen molar-refractivity contribution in [1.29, 1.82) is 0 Å². The van der Waals surface area contributed by atoms with Crippen LogP contribution in [-0.4, -0.2) is 52.2 Å². The number of unbranched alkanes of at least 4 members (excludes halogenated alkanes) is 1. The van der Waals surface area contributed by atoms with Crippen molar-refractivity contribution >= 4 is 0 Å². The third-order valence-electron chi connectivity index (χ3n) is 3.45. The molecule has 4 nitrogen and oxygen atoms in total. The van der Waals surface area contributed by atoms with Gasteiger partial charge in [-0.05, 0) is 25.3 Å². The van der Waals surface area contributed by atoms with Gasteiger partial charge in [0, 0.05) is 19.3 Å². The summed E-state index contributed by atoms with van der Waals surface area (Å²) >= 11 is 0. The summed E-state index contributed by atoms with van der Waals surface area (Å²) < 4.78 is 16.5. The molecular formula is C17H37NO3. The van der Waals surface area contributed by atoms with Gasteiger partial charge >= 0.3 is 0 Å². The van der Waals surface area contributed by atoms with E-state index in [0.29, 0.717) is 38.4 Å². The first-order chi connectivity index (χ1) is 10.2. The Balaban J connectivity index is 3.23. The standard InChI is InChI=1S/C17H37NO3/c1-5-7-9-19-11-13-21-14-12-20-10-8-17(6-2)15-18-16(3)4/h16-18H,5-15H2,1-4H3. The average Bonchev–Trinajstić information content (AvgIpc) is 2.47. The Labute approximate surface area is 131 Å². The number of rotatable bonds is 16. The van der Waals surface area contributed by atoms with Crippen LogP contribution in [0.15, 0.2) is 0 Å². The summed E-state index contributed by atoms with van der Waals surface area (Å²) in [5, 5.41) is 3.49. The molecule has 0 fully saturated rings. The van der Waals surface area contributed by atoms with Gasteiger partial charge in [0.25, 0.3) is 0 Å². The molecule has 0 heterocycles. The molecule has 0 aromatic rings. The molecular weight excluding hydrogens is 266 g/mol. The molecule has 1 atom stereocenters. The zero-order chi connectivity index (χ0) is 15.8. The highest BCUT2D eigenvalue weighted by Crippen LogP contribution is 2.07. The van der Waals surface area contributed by atoms with E-state index in [-0.39, 0.29) is 0 Å². The van der Waals surface area contributed by atoms with Crippen LogP contribution in [0.25, 0.3) is 0 Å². The third kappa shape index (κ3) is 16.0. The summed E-state index contributed by atoms with van der Waals surface area (Å²) in [6.45, 7) is 14.3. The van der Waals surface area contributed by atoms with Gasteiger partial charge in [0.1, 0.15) is 0 Å². The third-order valence-corrected chi connectivity index (χ3v) is 3.45. The molecule has 0 aromatic carbocycles. The van der Waals surface area contributed by atoms with Crippen molar-refractivity contribution in [1.82, 2.24) is 5.32 Å². The Morgan fingerprint density at radius 3 is 1.90 bits per heavy atom. The summed E-state index contributed by atoms with van der Waals surface area (Å²) in [6.07, 6.45) is 4.64. The van der Waals surface area contributed by atoms with E-state index < -0.39 is 0 Å². The Bertz CT molecular complexity index is 200. The van der Waals surface area contributed by atoms with E-state index in [1.54, 1.807) is 0 Å². The molecule has 0 spiro atoms. The highest BCUT2D eigenvalue weighted by Gasteiger charge is 2.06. The molecule has 0 aliphatic carbocycles. The van der Waals surface area contributed by atoms with E-state index in [1.165, 1.54) is 12.8 Å². The van der Waals surface area contributed by atoms with Crippen molar-refractivity contribution in [3.63, 3.8) is 0 Å². The van der Waals surface area contributed by atoms with Crippen LogP contribution in [0.3, 0.4) is 0 Å². The minimum Gasteiger partial charge on any atom is -0.379 e. The summed E-state index contributed by atoms with van der Waals surface area (Å²) in [4.78, 5) is 0. The van der Waals surface area contributed by atoms with E-state index in [1.807, 2.05) is 0 Å². The largest absolute Gasteiger partial charge is 0.379 e. The van der Waals surface area contributed by atoms with Crippen molar-refractivity contribution in [2.45, 2.75) is 59.4 Å². The van der Waals surface area contributed by atoms with E-state index in [9.17, 15) is 0 Å². The van der Waals surface area contributed by atoms with Crippen molar-refractivity contribution in [3.05, 3.63) is 0 Å². The van der Waals surface area contributed by atoms with Gasteiger partial charge in [0.2, 0.25) is 0 Å². The van der Waals surface area contributed by atoms with Gasteiger partial charge < -0.3 is 19.5 Å². The van der Waals surface area contributed by atoms with Gasteiger partial charge in [0.15, 0.2) is 0 Å². The van der Waals surface area contributed by atoms with Crippen molar-refractivity contribution in [3.8, 4) is 0 Å². The van der Waals surface area contributed by atoms with Gasteiger partial charge in [-0.15, -0.1) is 0 Å². The van der Waals surface area contributed by atoms with Crippen LogP contribution in [-0.2, 0) is 14.2 Å². The number of nitrogens with one attached hydrogen (secondary N) is 1. The number of ether oxygens (including phenoxy) is 3. The monoisotopic (exact) mass is 303 g/mol. The van der Waals surface area contributed by atoms with E-state index in [4.69, 9.17) is 14.2 Å². The van der Waals surface area contributed by atoms with Crippen LogP contribution in [0.1, 0.15) is 53.4 Å². The molecule has 0 radical (unpaired) electrons. The Kier molecular flexibility index (Phi) is 16.1. The molecule has 21 heavy (non-hydrogen) atoms. The molecule has 0 aromatic heterocycles. The summed E-state index contributed by atoms with van der Waals surface area (Å²) in [5.74, 6) is 0.709. The Morgan fingerprint density at radius 1 is 0.810 bits per heavy atom. The minimum absolute atomic E-state index is 0.563. The maximum absolute atomic E-state index is 5.62. The van der Waals surface area contributed by atoms with Crippen LogP contribution in [0, 0.1) is 5.92 Å². The molecule has 0 amide bonds. The smallest absolute Gasteiger partial charge is 0.0701 e. The Hall–Kier alpha value is -0.160. The molecule has 1 unspecified atom stereocenters. The first-order valence-corrected chi connectivity index (χ1v) is 8.67. The van der Waals surface area contributed by atoms with Gasteiger partial charge in [-0.25, -0.2) is 0 Å². The van der Waals surface area contributed by atoms with E-state index >= 15 is 0 Å². The van der Waals surface area contributed by atoms with Crippen LogP contribution in [0.4, 0.5) is 0 Å². The topological polar surface area (TPSA) is 39.7 Å². The van der Waals surface area contributed by atoms with Gasteiger partial charge in [-0.3, -0.25) is 0 Å². The molecule has 0 saturated carbocycles. The number of hydrogen-bond donors (Lipinski definition) is 1. The molecule has 0 rings (SSSR count). The normalized spacial score (nSPS) is 13.0. The molecule has 0 aliphatic rings. The van der Waals surface area contributed by atoms with Crippen molar-refractivity contribution in [2.24, 2.45) is 5.92 Å². The number of hydrogen-bond acceptors (Lipinski definition) is 4. The first-order valence-electron chi connectivity index (χ1n) is 8.67. The zero-order valence-electron chi connectivity index (χ0n) is 14.7. The lowest BCUT2D eigenvalue weighted by atomic mass is 10.0. The quantitative estimate of drug-likeness (QED) is 0.444. The summed E-state index contributed by atoms with van der Waals surface area (Å²) in [7, 11) is 0. The van der Waals surface area contributed by atoms with Gasteiger partial charge in [-0.2, -0.15) is 0 Å². The van der Waals surface area contributed by atoms with Crippen LogP contribution in [0.5, 0.6) is 0 Å². The zero-order valence-corrected chi connectivity index (χ0v) is 14.7. The van der Waals surface area contributed by atoms with Crippen LogP contribution in [0.2, 0.25) is 0 Å². The fourth-order valence-electron chi connectivity index (χ4n) is 1.89. The van der Waals surface area contributed by atoms with E-state index in [2.05, 4.69) is 33.0 Å². The van der Waals surface area contributed by atoms with Crippen molar-refractivity contribution < 1.29 is 14.2 Å². The molecule has 0 aliphatic heterocycles. The molecule has 0 saturated heterocycles. The molecule has 4 heteroatoms. The lowest BCUT2D eigenvalue weighted by Gasteiger charge is -2.17. The van der Waals surface area contributed by atoms with Gasteiger partial charge in [0.05, 0.1) is 26.4 Å². The average molecular weight is 303 g/mol. The molecule has 1 N–H and O–H groups in total. The lowest BCUT2D eigenvalue weighted by molar-refractivity contribution is 0.0117. The second-order valence-corrected chi connectivity index (χ2v) is 5.82. The van der Waals surface area contributed by atoms with Gasteiger partial charge in [-0.1, -0.05) is 40.5 Å². The lowest BCUT2D eigenvalue weighted by Crippen LogP contribution is -2.29. The maximum atomic E-state index is 5.62. The second kappa shape index (κ2) is 16.2. The highest BCUT2D eigenvalue weighted by molar-refractivity contribution is 4.62. The maximum Gasteiger partial charge on any atom is 0.0701 e. The predicted molar refractivity (Wildman–Crippen MR) is 88.9 cm³/mol. The minimum atomic E-state index is 0.563. The Morgan fingerprint density at radius 2 is 1.38 bits per heavy atom. The highest BCUT2D eigenvalue weighted by atomic mass is 16.5.